The molecular formula is C14H27N3. The zero-order chi connectivity index (χ0) is 12.8. The monoisotopic (exact) mass is 237 g/mol. The van der Waals surface area contributed by atoms with E-state index in [1.54, 1.807) is 0 Å². The molecular weight excluding hydrogens is 210 g/mol. The minimum Gasteiger partial charge on any atom is -0.314 e. The van der Waals surface area contributed by atoms with Crippen molar-refractivity contribution < 1.29 is 0 Å². The Hall–Kier alpha value is -0.830. The van der Waals surface area contributed by atoms with Crippen LogP contribution in [0, 0.1) is 11.8 Å². The fourth-order valence-electron chi connectivity index (χ4n) is 1.92. The smallest absolute Gasteiger partial charge is 0.0521 e. The van der Waals surface area contributed by atoms with E-state index in [1.165, 1.54) is 5.56 Å². The second-order valence-corrected chi connectivity index (χ2v) is 5.48. The lowest BCUT2D eigenvalue weighted by molar-refractivity contribution is 0.349. The molecule has 0 aliphatic heterocycles. The highest BCUT2D eigenvalue weighted by atomic mass is 15.3. The third kappa shape index (κ3) is 4.90. The van der Waals surface area contributed by atoms with Gasteiger partial charge in [-0.25, -0.2) is 0 Å². The van der Waals surface area contributed by atoms with E-state index in [2.05, 4.69) is 51.2 Å². The number of hydrogen-bond donors (Lipinski definition) is 1. The summed E-state index contributed by atoms with van der Waals surface area (Å²) in [4.78, 5) is 0. The minimum absolute atomic E-state index is 0.564. The molecule has 1 atom stereocenters. The molecule has 1 N–H and O–H groups in total. The molecule has 0 bridgehead atoms. The van der Waals surface area contributed by atoms with Crippen molar-refractivity contribution in [2.45, 2.75) is 53.6 Å². The van der Waals surface area contributed by atoms with Crippen LogP contribution in [0.5, 0.6) is 0 Å². The maximum absolute atomic E-state index is 4.34. The van der Waals surface area contributed by atoms with Crippen molar-refractivity contribution in [1.82, 2.24) is 15.1 Å². The molecule has 3 heteroatoms. The quantitative estimate of drug-likeness (QED) is 0.790. The Kier molecular flexibility index (Phi) is 5.69. The second-order valence-electron chi connectivity index (χ2n) is 5.48. The Labute approximate surface area is 106 Å². The van der Waals surface area contributed by atoms with Crippen LogP contribution in [0.3, 0.4) is 0 Å². The molecule has 1 heterocycles. The summed E-state index contributed by atoms with van der Waals surface area (Å²) in [7, 11) is 0. The molecule has 1 unspecified atom stereocenters. The van der Waals surface area contributed by atoms with Gasteiger partial charge in [0, 0.05) is 18.8 Å². The molecule has 0 amide bonds. The zero-order valence-electron chi connectivity index (χ0n) is 11.9. The lowest BCUT2D eigenvalue weighted by Gasteiger charge is -2.22. The van der Waals surface area contributed by atoms with Crippen molar-refractivity contribution in [3.63, 3.8) is 0 Å². The van der Waals surface area contributed by atoms with Gasteiger partial charge in [0.05, 0.1) is 6.20 Å². The summed E-state index contributed by atoms with van der Waals surface area (Å²) in [6.45, 7) is 13.2. The molecule has 17 heavy (non-hydrogen) atoms. The van der Waals surface area contributed by atoms with Crippen molar-refractivity contribution in [3.05, 3.63) is 18.0 Å². The normalized spacial score (nSPS) is 13.6. The van der Waals surface area contributed by atoms with Gasteiger partial charge in [0.15, 0.2) is 0 Å². The summed E-state index contributed by atoms with van der Waals surface area (Å²) in [5.74, 6) is 1.39. The minimum atomic E-state index is 0.564. The van der Waals surface area contributed by atoms with Gasteiger partial charge < -0.3 is 5.32 Å². The molecule has 0 spiro atoms. The van der Waals surface area contributed by atoms with Gasteiger partial charge in [-0.05, 0) is 37.3 Å². The molecule has 0 radical (unpaired) electrons. The molecule has 0 saturated heterocycles. The average molecular weight is 237 g/mol. The summed E-state index contributed by atoms with van der Waals surface area (Å²) in [6.07, 6.45) is 5.30. The van der Waals surface area contributed by atoms with E-state index in [9.17, 15) is 0 Å². The topological polar surface area (TPSA) is 29.9 Å². The second kappa shape index (κ2) is 6.80. The van der Waals surface area contributed by atoms with E-state index >= 15 is 0 Å². The van der Waals surface area contributed by atoms with Crippen LogP contribution in [-0.2, 0) is 13.0 Å². The summed E-state index contributed by atoms with van der Waals surface area (Å²) < 4.78 is 2.00. The maximum atomic E-state index is 4.34. The number of aryl methyl sites for hydroxylation is 1. The molecule has 0 aromatic carbocycles. The molecule has 0 saturated carbocycles. The Morgan fingerprint density at radius 1 is 1.29 bits per heavy atom. The van der Waals surface area contributed by atoms with Crippen LogP contribution in [0.4, 0.5) is 0 Å². The van der Waals surface area contributed by atoms with Gasteiger partial charge in [0.2, 0.25) is 0 Å². The third-order valence-electron chi connectivity index (χ3n) is 3.24. The number of aromatic nitrogens is 2. The largest absolute Gasteiger partial charge is 0.314 e. The lowest BCUT2D eigenvalue weighted by Crippen LogP contribution is -2.32. The van der Waals surface area contributed by atoms with E-state index in [1.807, 2.05) is 10.9 Å². The number of hydrogen-bond acceptors (Lipinski definition) is 2. The van der Waals surface area contributed by atoms with E-state index in [4.69, 9.17) is 0 Å². The lowest BCUT2D eigenvalue weighted by atomic mass is 9.90. The SMILES string of the molecule is CCn1cc(CC(CNC(C)C)C(C)C)cn1. The number of rotatable bonds is 7. The molecule has 0 aliphatic carbocycles. The molecule has 1 aromatic heterocycles. The van der Waals surface area contributed by atoms with Crippen LogP contribution in [0.1, 0.15) is 40.2 Å². The summed E-state index contributed by atoms with van der Waals surface area (Å²) in [5, 5.41) is 7.88. The van der Waals surface area contributed by atoms with E-state index in [-0.39, 0.29) is 0 Å². The first-order valence-corrected chi connectivity index (χ1v) is 6.77. The molecule has 1 aromatic rings. The van der Waals surface area contributed by atoms with Gasteiger partial charge in [-0.3, -0.25) is 4.68 Å². The van der Waals surface area contributed by atoms with Gasteiger partial charge >= 0.3 is 0 Å². The Morgan fingerprint density at radius 3 is 2.47 bits per heavy atom. The van der Waals surface area contributed by atoms with Gasteiger partial charge in [0.1, 0.15) is 0 Å². The van der Waals surface area contributed by atoms with Crippen LogP contribution in [0.2, 0.25) is 0 Å². The number of nitrogens with one attached hydrogen (secondary N) is 1. The van der Waals surface area contributed by atoms with Crippen LogP contribution in [-0.4, -0.2) is 22.4 Å². The molecule has 0 aliphatic rings. The highest BCUT2D eigenvalue weighted by Gasteiger charge is 2.15. The van der Waals surface area contributed by atoms with Crippen LogP contribution in [0.15, 0.2) is 12.4 Å². The fraction of sp³-hybridized carbons (Fsp3) is 0.786. The Balaban J connectivity index is 2.53. The molecule has 0 fully saturated rings. The number of nitrogens with zero attached hydrogens (tertiary/aromatic N) is 2. The standard InChI is InChI=1S/C14H27N3/c1-6-17-10-13(8-16-17)7-14(11(2)3)9-15-12(4)5/h8,10-12,14-15H,6-7,9H2,1-5H3. The first-order chi connectivity index (χ1) is 8.02. The summed E-state index contributed by atoms with van der Waals surface area (Å²) >= 11 is 0. The van der Waals surface area contributed by atoms with E-state index in [0.29, 0.717) is 17.9 Å². The van der Waals surface area contributed by atoms with Gasteiger partial charge in [-0.2, -0.15) is 5.10 Å². The Morgan fingerprint density at radius 2 is 2.00 bits per heavy atom. The maximum Gasteiger partial charge on any atom is 0.0521 e. The first-order valence-electron chi connectivity index (χ1n) is 6.77. The molecule has 98 valence electrons. The summed E-state index contributed by atoms with van der Waals surface area (Å²) in [5.41, 5.74) is 1.36. The van der Waals surface area contributed by atoms with Gasteiger partial charge in [0.25, 0.3) is 0 Å². The Bertz CT molecular complexity index is 315. The van der Waals surface area contributed by atoms with E-state index in [0.717, 1.165) is 19.5 Å². The average Bonchev–Trinajstić information content (AvgIpc) is 2.71. The van der Waals surface area contributed by atoms with Crippen molar-refractivity contribution in [2.75, 3.05) is 6.54 Å². The first kappa shape index (κ1) is 14.2. The van der Waals surface area contributed by atoms with Gasteiger partial charge in [-0.15, -0.1) is 0 Å². The van der Waals surface area contributed by atoms with Crippen molar-refractivity contribution in [2.24, 2.45) is 11.8 Å². The van der Waals surface area contributed by atoms with Crippen LogP contribution in [0.25, 0.3) is 0 Å². The highest BCUT2D eigenvalue weighted by Crippen LogP contribution is 2.16. The van der Waals surface area contributed by atoms with E-state index < -0.39 is 0 Å². The predicted molar refractivity (Wildman–Crippen MR) is 73.1 cm³/mol. The van der Waals surface area contributed by atoms with Crippen molar-refractivity contribution in [3.8, 4) is 0 Å². The highest BCUT2D eigenvalue weighted by molar-refractivity contribution is 5.05. The predicted octanol–water partition coefficient (Wildman–Crippen LogP) is 2.72. The van der Waals surface area contributed by atoms with Gasteiger partial charge in [-0.1, -0.05) is 27.7 Å². The third-order valence-corrected chi connectivity index (χ3v) is 3.24. The van der Waals surface area contributed by atoms with Crippen LogP contribution < -0.4 is 5.32 Å². The molecule has 3 nitrogen and oxygen atoms in total. The summed E-state index contributed by atoms with van der Waals surface area (Å²) in [6, 6.07) is 0.564. The van der Waals surface area contributed by atoms with Crippen LogP contribution >= 0.6 is 0 Å². The van der Waals surface area contributed by atoms with Crippen molar-refractivity contribution in [1.29, 1.82) is 0 Å². The molecule has 1 rings (SSSR count). The zero-order valence-corrected chi connectivity index (χ0v) is 11.9. The van der Waals surface area contributed by atoms with Crippen molar-refractivity contribution >= 4 is 0 Å². The fourth-order valence-corrected chi connectivity index (χ4v) is 1.92.